The quantitative estimate of drug-likeness (QED) is 0.844. The molecule has 2 N–H and O–H groups in total. The van der Waals surface area contributed by atoms with Crippen LogP contribution in [-0.4, -0.2) is 55.1 Å². The van der Waals surface area contributed by atoms with Crippen LogP contribution >= 0.6 is 0 Å². The summed E-state index contributed by atoms with van der Waals surface area (Å²) in [4.78, 5) is 5.08. The minimum absolute atomic E-state index is 0.393. The van der Waals surface area contributed by atoms with Crippen molar-refractivity contribution in [3.63, 3.8) is 0 Å². The molecule has 0 spiro atoms. The Labute approximate surface area is 125 Å². The van der Waals surface area contributed by atoms with Gasteiger partial charge in [0.1, 0.15) is 0 Å². The summed E-state index contributed by atoms with van der Waals surface area (Å²) in [6, 6.07) is 1.78. The number of nitrogens with two attached hydrogens (primary N) is 1. The maximum atomic E-state index is 6.46. The summed E-state index contributed by atoms with van der Waals surface area (Å²) in [5.74, 6) is 0.832. The Kier molecular flexibility index (Phi) is 5.14. The molecule has 0 aromatic carbocycles. The van der Waals surface area contributed by atoms with Gasteiger partial charge in [-0.25, -0.2) is 0 Å². The molecular formula is C17H35N3. The lowest BCUT2D eigenvalue weighted by Gasteiger charge is -2.47. The third kappa shape index (κ3) is 3.75. The van der Waals surface area contributed by atoms with Crippen LogP contribution in [0.2, 0.25) is 0 Å². The van der Waals surface area contributed by atoms with E-state index in [0.29, 0.717) is 17.5 Å². The molecule has 2 aliphatic rings. The van der Waals surface area contributed by atoms with Gasteiger partial charge in [-0.15, -0.1) is 0 Å². The van der Waals surface area contributed by atoms with Gasteiger partial charge in [0.25, 0.3) is 0 Å². The maximum Gasteiger partial charge on any atom is 0.0250 e. The summed E-state index contributed by atoms with van der Waals surface area (Å²) in [5, 5.41) is 0. The third-order valence-electron chi connectivity index (χ3n) is 5.79. The SMILES string of the molecule is CN(C)C1CCN(C2CC(C(C)(C)C)CCC2N)CC1. The van der Waals surface area contributed by atoms with Crippen LogP contribution < -0.4 is 5.73 Å². The summed E-state index contributed by atoms with van der Waals surface area (Å²) in [6.45, 7) is 9.65. The normalized spacial score (nSPS) is 34.6. The fourth-order valence-corrected chi connectivity index (χ4v) is 4.11. The molecule has 0 amide bonds. The van der Waals surface area contributed by atoms with Crippen molar-refractivity contribution in [1.29, 1.82) is 0 Å². The van der Waals surface area contributed by atoms with Crippen molar-refractivity contribution in [3.8, 4) is 0 Å². The number of rotatable bonds is 2. The van der Waals surface area contributed by atoms with Gasteiger partial charge in [0.05, 0.1) is 0 Å². The summed E-state index contributed by atoms with van der Waals surface area (Å²) in [7, 11) is 4.42. The average molecular weight is 281 g/mol. The molecule has 118 valence electrons. The Bertz CT molecular complexity index is 300. The van der Waals surface area contributed by atoms with E-state index in [0.717, 1.165) is 12.0 Å². The second-order valence-electron chi connectivity index (χ2n) is 8.34. The van der Waals surface area contributed by atoms with E-state index in [1.165, 1.54) is 45.2 Å². The monoisotopic (exact) mass is 281 g/mol. The fraction of sp³-hybridized carbons (Fsp3) is 1.00. The van der Waals surface area contributed by atoms with Crippen molar-refractivity contribution in [2.45, 2.75) is 71.0 Å². The van der Waals surface area contributed by atoms with Gasteiger partial charge in [0, 0.05) is 18.1 Å². The van der Waals surface area contributed by atoms with E-state index < -0.39 is 0 Å². The number of hydrogen-bond acceptors (Lipinski definition) is 3. The lowest BCUT2D eigenvalue weighted by molar-refractivity contribution is 0.0411. The molecule has 20 heavy (non-hydrogen) atoms. The molecule has 0 radical (unpaired) electrons. The first-order valence-corrected chi connectivity index (χ1v) is 8.45. The van der Waals surface area contributed by atoms with Crippen molar-refractivity contribution in [3.05, 3.63) is 0 Å². The van der Waals surface area contributed by atoms with E-state index in [1.54, 1.807) is 0 Å². The molecule has 1 saturated heterocycles. The molecule has 0 aromatic heterocycles. The van der Waals surface area contributed by atoms with Crippen LogP contribution in [0.15, 0.2) is 0 Å². The van der Waals surface area contributed by atoms with E-state index in [9.17, 15) is 0 Å². The first-order valence-electron chi connectivity index (χ1n) is 8.45. The molecule has 2 fully saturated rings. The van der Waals surface area contributed by atoms with E-state index in [-0.39, 0.29) is 0 Å². The highest BCUT2D eigenvalue weighted by Crippen LogP contribution is 2.39. The van der Waals surface area contributed by atoms with E-state index in [2.05, 4.69) is 44.7 Å². The summed E-state index contributed by atoms with van der Waals surface area (Å²) in [5.41, 5.74) is 6.89. The molecule has 1 heterocycles. The van der Waals surface area contributed by atoms with Gasteiger partial charge in [-0.2, -0.15) is 0 Å². The van der Waals surface area contributed by atoms with Gasteiger partial charge in [0.15, 0.2) is 0 Å². The van der Waals surface area contributed by atoms with Crippen LogP contribution in [0, 0.1) is 11.3 Å². The molecule has 1 aliphatic heterocycles. The molecule has 3 nitrogen and oxygen atoms in total. The Balaban J connectivity index is 1.94. The van der Waals surface area contributed by atoms with Crippen LogP contribution in [0.3, 0.4) is 0 Å². The van der Waals surface area contributed by atoms with Crippen molar-refractivity contribution in [1.82, 2.24) is 9.80 Å². The van der Waals surface area contributed by atoms with Crippen LogP contribution in [0.4, 0.5) is 0 Å². The Morgan fingerprint density at radius 2 is 1.60 bits per heavy atom. The molecule has 0 bridgehead atoms. The van der Waals surface area contributed by atoms with Gasteiger partial charge in [-0.3, -0.25) is 4.90 Å². The van der Waals surface area contributed by atoms with Crippen molar-refractivity contribution in [2.24, 2.45) is 17.1 Å². The summed E-state index contributed by atoms with van der Waals surface area (Å²) >= 11 is 0. The number of piperidine rings is 1. The third-order valence-corrected chi connectivity index (χ3v) is 5.79. The van der Waals surface area contributed by atoms with Gasteiger partial charge >= 0.3 is 0 Å². The predicted octanol–water partition coefficient (Wildman–Crippen LogP) is 2.55. The molecule has 3 heteroatoms. The van der Waals surface area contributed by atoms with E-state index in [1.807, 2.05) is 0 Å². The van der Waals surface area contributed by atoms with Crippen LogP contribution in [0.1, 0.15) is 52.9 Å². The Hall–Kier alpha value is -0.120. The molecule has 3 atom stereocenters. The standard InChI is InChI=1S/C17H35N3/c1-17(2,3)13-6-7-15(18)16(12-13)20-10-8-14(9-11-20)19(4)5/h13-16H,6-12,18H2,1-5H3. The zero-order valence-electron chi connectivity index (χ0n) is 14.2. The highest BCUT2D eigenvalue weighted by atomic mass is 15.2. The summed E-state index contributed by atoms with van der Waals surface area (Å²) < 4.78 is 0. The minimum atomic E-state index is 0.393. The van der Waals surface area contributed by atoms with Gasteiger partial charge in [-0.05, 0) is 70.6 Å². The highest BCUT2D eigenvalue weighted by molar-refractivity contribution is 4.94. The average Bonchev–Trinajstić information content (AvgIpc) is 2.38. The second-order valence-corrected chi connectivity index (χ2v) is 8.34. The number of nitrogens with zero attached hydrogens (tertiary/aromatic N) is 2. The first-order chi connectivity index (χ1) is 9.29. The summed E-state index contributed by atoms with van der Waals surface area (Å²) in [6.07, 6.45) is 6.43. The maximum absolute atomic E-state index is 6.46. The second kappa shape index (κ2) is 6.33. The molecule has 1 saturated carbocycles. The largest absolute Gasteiger partial charge is 0.326 e. The lowest BCUT2D eigenvalue weighted by atomic mass is 9.69. The van der Waals surface area contributed by atoms with Crippen LogP contribution in [-0.2, 0) is 0 Å². The molecule has 0 aromatic rings. The van der Waals surface area contributed by atoms with Crippen molar-refractivity contribution in [2.75, 3.05) is 27.2 Å². The number of likely N-dealkylation sites (tertiary alicyclic amines) is 1. The highest BCUT2D eigenvalue weighted by Gasteiger charge is 2.38. The zero-order chi connectivity index (χ0) is 14.9. The van der Waals surface area contributed by atoms with Crippen molar-refractivity contribution >= 4 is 0 Å². The van der Waals surface area contributed by atoms with Gasteiger partial charge < -0.3 is 10.6 Å². The molecule has 1 aliphatic carbocycles. The zero-order valence-corrected chi connectivity index (χ0v) is 14.2. The molecule has 3 unspecified atom stereocenters. The minimum Gasteiger partial charge on any atom is -0.326 e. The first kappa shape index (κ1) is 16.3. The Morgan fingerprint density at radius 3 is 2.10 bits per heavy atom. The lowest BCUT2D eigenvalue weighted by Crippen LogP contribution is -2.55. The van der Waals surface area contributed by atoms with Gasteiger partial charge in [0.2, 0.25) is 0 Å². The molecular weight excluding hydrogens is 246 g/mol. The van der Waals surface area contributed by atoms with Crippen LogP contribution in [0.25, 0.3) is 0 Å². The predicted molar refractivity (Wildman–Crippen MR) is 86.8 cm³/mol. The number of hydrogen-bond donors (Lipinski definition) is 1. The molecule has 2 rings (SSSR count). The van der Waals surface area contributed by atoms with Gasteiger partial charge in [-0.1, -0.05) is 20.8 Å². The van der Waals surface area contributed by atoms with Crippen LogP contribution in [0.5, 0.6) is 0 Å². The smallest absolute Gasteiger partial charge is 0.0250 e. The van der Waals surface area contributed by atoms with E-state index >= 15 is 0 Å². The topological polar surface area (TPSA) is 32.5 Å². The van der Waals surface area contributed by atoms with E-state index in [4.69, 9.17) is 5.73 Å². The fourth-order valence-electron chi connectivity index (χ4n) is 4.11. The van der Waals surface area contributed by atoms with Crippen molar-refractivity contribution < 1.29 is 0 Å². The Morgan fingerprint density at radius 1 is 1.00 bits per heavy atom.